The van der Waals surface area contributed by atoms with Gasteiger partial charge in [0.15, 0.2) is 0 Å². The van der Waals surface area contributed by atoms with E-state index < -0.39 is 0 Å². The van der Waals surface area contributed by atoms with Gasteiger partial charge in [-0.2, -0.15) is 0 Å². The molecule has 0 aromatic heterocycles. The van der Waals surface area contributed by atoms with Crippen LogP contribution in [-0.4, -0.2) is 0 Å². The molecule has 0 amide bonds. The van der Waals surface area contributed by atoms with E-state index in [1.54, 1.807) is 0 Å². The molecule has 0 spiro atoms. The number of nitrogens with one attached hydrogen (secondary N) is 2. The van der Waals surface area contributed by atoms with E-state index >= 15 is 0 Å². The van der Waals surface area contributed by atoms with Crippen molar-refractivity contribution < 1.29 is 0 Å². The fourth-order valence-corrected chi connectivity index (χ4v) is 8.60. The Bertz CT molecular complexity index is 1910. The first-order chi connectivity index (χ1) is 25.2. The van der Waals surface area contributed by atoms with E-state index in [0.29, 0.717) is 0 Å². The van der Waals surface area contributed by atoms with Gasteiger partial charge in [-0.25, -0.2) is 0 Å². The molecule has 1 aliphatic rings. The summed E-state index contributed by atoms with van der Waals surface area (Å²) >= 11 is 0. The first-order valence-corrected chi connectivity index (χ1v) is 20.0. The molecule has 0 unspecified atom stereocenters. The van der Waals surface area contributed by atoms with E-state index in [1.165, 1.54) is 145 Å². The molecule has 2 N–H and O–H groups in total. The summed E-state index contributed by atoms with van der Waals surface area (Å²) in [6.45, 7) is 4.63. The number of unbranched alkanes of at least 4 members (excludes halogenated alkanes) is 10. The molecular formula is C49H56N2. The molecule has 0 aliphatic heterocycles. The van der Waals surface area contributed by atoms with E-state index in [0.717, 1.165) is 11.4 Å². The lowest BCUT2D eigenvalue weighted by Gasteiger charge is -2.33. The van der Waals surface area contributed by atoms with Crippen molar-refractivity contribution in [2.45, 2.75) is 109 Å². The van der Waals surface area contributed by atoms with Crippen molar-refractivity contribution in [3.05, 3.63) is 132 Å². The summed E-state index contributed by atoms with van der Waals surface area (Å²) in [5.74, 6) is 0. The van der Waals surface area contributed by atoms with Crippen molar-refractivity contribution in [1.29, 1.82) is 0 Å². The third kappa shape index (κ3) is 8.01. The first-order valence-electron chi connectivity index (χ1n) is 20.0. The van der Waals surface area contributed by atoms with Crippen molar-refractivity contribution in [2.75, 3.05) is 10.6 Å². The lowest BCUT2D eigenvalue weighted by Crippen LogP contribution is -2.26. The molecule has 2 nitrogen and oxygen atoms in total. The number of benzene rings is 6. The third-order valence-corrected chi connectivity index (χ3v) is 11.4. The normalized spacial score (nSPS) is 13.0. The molecule has 6 aromatic carbocycles. The van der Waals surface area contributed by atoms with Gasteiger partial charge in [0.25, 0.3) is 0 Å². The predicted molar refractivity (Wildman–Crippen MR) is 223 cm³/mol. The molecule has 0 saturated heterocycles. The average molecular weight is 673 g/mol. The van der Waals surface area contributed by atoms with Crippen LogP contribution in [0.2, 0.25) is 0 Å². The number of rotatable bonds is 18. The van der Waals surface area contributed by atoms with Crippen LogP contribution in [0.1, 0.15) is 115 Å². The second-order valence-electron chi connectivity index (χ2n) is 15.0. The van der Waals surface area contributed by atoms with Crippen molar-refractivity contribution >= 4 is 44.3 Å². The maximum Gasteiger partial charge on any atom is 0.0390 e. The Hall–Kier alpha value is -4.56. The molecule has 0 radical (unpaired) electrons. The van der Waals surface area contributed by atoms with Gasteiger partial charge >= 0.3 is 0 Å². The van der Waals surface area contributed by atoms with Gasteiger partial charge in [0.1, 0.15) is 0 Å². The van der Waals surface area contributed by atoms with Crippen LogP contribution in [0.3, 0.4) is 0 Å². The van der Waals surface area contributed by atoms with E-state index in [9.17, 15) is 0 Å². The lowest BCUT2D eigenvalue weighted by molar-refractivity contribution is 0.398. The molecule has 2 heteroatoms. The van der Waals surface area contributed by atoms with Crippen LogP contribution in [0.15, 0.2) is 121 Å². The highest BCUT2D eigenvalue weighted by Gasteiger charge is 2.42. The zero-order valence-electron chi connectivity index (χ0n) is 30.9. The molecule has 0 fully saturated rings. The van der Waals surface area contributed by atoms with Crippen LogP contribution in [0.4, 0.5) is 22.7 Å². The molecule has 1 aliphatic carbocycles. The summed E-state index contributed by atoms with van der Waals surface area (Å²) in [7, 11) is 0. The second-order valence-corrected chi connectivity index (χ2v) is 15.0. The Morgan fingerprint density at radius 1 is 0.373 bits per heavy atom. The largest absolute Gasteiger partial charge is 0.355 e. The number of anilines is 4. The first kappa shape index (κ1) is 34.9. The summed E-state index contributed by atoms with van der Waals surface area (Å²) in [4.78, 5) is 0. The quantitative estimate of drug-likeness (QED) is 0.0888. The number of fused-ring (bicyclic) bond motifs is 5. The smallest absolute Gasteiger partial charge is 0.0390 e. The monoisotopic (exact) mass is 672 g/mol. The minimum absolute atomic E-state index is 0.00231. The molecule has 0 bridgehead atoms. The van der Waals surface area contributed by atoms with Crippen LogP contribution < -0.4 is 10.6 Å². The average Bonchev–Trinajstić information content (AvgIpc) is 3.42. The Balaban J connectivity index is 1.24. The Morgan fingerprint density at radius 3 is 1.20 bits per heavy atom. The topological polar surface area (TPSA) is 24.1 Å². The van der Waals surface area contributed by atoms with Gasteiger partial charge in [-0.1, -0.05) is 164 Å². The van der Waals surface area contributed by atoms with Gasteiger partial charge < -0.3 is 10.6 Å². The van der Waals surface area contributed by atoms with E-state index in [4.69, 9.17) is 0 Å². The highest BCUT2D eigenvalue weighted by molar-refractivity contribution is 5.89. The summed E-state index contributed by atoms with van der Waals surface area (Å²) in [6, 6.07) is 45.1. The maximum atomic E-state index is 3.82. The maximum absolute atomic E-state index is 3.82. The summed E-state index contributed by atoms with van der Waals surface area (Å²) < 4.78 is 0. The number of hydrogen-bond donors (Lipinski definition) is 2. The van der Waals surface area contributed by atoms with Crippen LogP contribution in [0.25, 0.3) is 32.7 Å². The van der Waals surface area contributed by atoms with Crippen molar-refractivity contribution in [3.63, 3.8) is 0 Å². The lowest BCUT2D eigenvalue weighted by atomic mass is 9.70. The van der Waals surface area contributed by atoms with Crippen molar-refractivity contribution in [3.8, 4) is 11.1 Å². The second kappa shape index (κ2) is 16.6. The van der Waals surface area contributed by atoms with Gasteiger partial charge in [0, 0.05) is 28.2 Å². The van der Waals surface area contributed by atoms with Gasteiger partial charge in [-0.3, -0.25) is 0 Å². The zero-order valence-corrected chi connectivity index (χ0v) is 30.9. The van der Waals surface area contributed by atoms with E-state index in [2.05, 4.69) is 146 Å². The van der Waals surface area contributed by atoms with Gasteiger partial charge in [-0.05, 0) is 105 Å². The molecule has 0 heterocycles. The fraction of sp³-hybridized carbons (Fsp3) is 0.347. The molecule has 6 aromatic rings. The van der Waals surface area contributed by atoms with E-state index in [1.807, 2.05) is 0 Å². The third-order valence-electron chi connectivity index (χ3n) is 11.4. The summed E-state index contributed by atoms with van der Waals surface area (Å²) in [5.41, 5.74) is 10.5. The molecule has 7 rings (SSSR count). The minimum Gasteiger partial charge on any atom is -0.355 e. The molecule has 0 saturated carbocycles. The molecule has 0 atom stereocenters. The van der Waals surface area contributed by atoms with Crippen LogP contribution in [0.5, 0.6) is 0 Å². The standard InChI is InChI=1S/C49H56N2/c1-3-5-7-9-11-17-31-49(32-18-12-10-8-6-4-2)47-35-43(50-41-25-23-37-19-13-15-21-39(37)33-41)27-29-45(47)46-30-28-44(36-48(46)49)51-42-26-24-38-20-14-16-22-40(38)34-42/h13-16,19-30,33-36,50-51H,3-12,17-18,31-32H2,1-2H3. The molecule has 51 heavy (non-hydrogen) atoms. The van der Waals surface area contributed by atoms with Crippen molar-refractivity contribution in [1.82, 2.24) is 0 Å². The van der Waals surface area contributed by atoms with Crippen LogP contribution in [-0.2, 0) is 5.41 Å². The summed E-state index contributed by atoms with van der Waals surface area (Å²) in [5, 5.41) is 12.7. The van der Waals surface area contributed by atoms with Crippen LogP contribution >= 0.6 is 0 Å². The Labute approximate surface area is 306 Å². The van der Waals surface area contributed by atoms with Crippen LogP contribution in [0, 0.1) is 0 Å². The highest BCUT2D eigenvalue weighted by Crippen LogP contribution is 2.55. The SMILES string of the molecule is CCCCCCCCC1(CCCCCCCC)c2cc(Nc3ccc4ccccc4c3)ccc2-c2ccc(Nc3ccc4ccccc4c3)cc21. The Kier molecular flexibility index (Phi) is 11.4. The van der Waals surface area contributed by atoms with Gasteiger partial charge in [0.2, 0.25) is 0 Å². The Morgan fingerprint density at radius 2 is 0.745 bits per heavy atom. The van der Waals surface area contributed by atoms with Crippen molar-refractivity contribution in [2.24, 2.45) is 0 Å². The van der Waals surface area contributed by atoms with E-state index in [-0.39, 0.29) is 5.41 Å². The zero-order chi connectivity index (χ0) is 34.9. The minimum atomic E-state index is 0.00231. The highest BCUT2D eigenvalue weighted by atomic mass is 14.9. The fourth-order valence-electron chi connectivity index (χ4n) is 8.60. The summed E-state index contributed by atoms with van der Waals surface area (Å²) in [6.07, 6.45) is 18.2. The van der Waals surface area contributed by atoms with Gasteiger partial charge in [-0.15, -0.1) is 0 Å². The predicted octanol–water partition coefficient (Wildman–Crippen LogP) is 15.2. The van der Waals surface area contributed by atoms with Gasteiger partial charge in [0.05, 0.1) is 0 Å². The molecular weight excluding hydrogens is 617 g/mol. The molecule has 262 valence electrons. The number of hydrogen-bond acceptors (Lipinski definition) is 2.